The summed E-state index contributed by atoms with van der Waals surface area (Å²) in [6.45, 7) is 2.32. The summed E-state index contributed by atoms with van der Waals surface area (Å²) in [4.78, 5) is 4.21. The number of rotatable bonds is 8. The highest BCUT2D eigenvalue weighted by Gasteiger charge is 2.08. The minimum Gasteiger partial charge on any atom is -0.485 e. The molecule has 21 heavy (non-hydrogen) atoms. The fraction of sp³-hybridized carbons (Fsp3) is 0.429. The monoisotopic (exact) mass is 312 g/mol. The van der Waals surface area contributed by atoms with Crippen molar-refractivity contribution in [3.05, 3.63) is 41.8 Å². The average molecular weight is 312 g/mol. The summed E-state index contributed by atoms with van der Waals surface area (Å²) >= 11 is 1.63. The van der Waals surface area contributed by atoms with E-state index in [-0.39, 0.29) is 24.9 Å². The van der Waals surface area contributed by atoms with Gasteiger partial charge in [0.25, 0.3) is 0 Å². The average Bonchev–Trinajstić information content (AvgIpc) is 2.94. The summed E-state index contributed by atoms with van der Waals surface area (Å²) in [7, 11) is 0. The minimum atomic E-state index is -0.307. The third kappa shape index (κ3) is 5.35. The van der Waals surface area contributed by atoms with Gasteiger partial charge in [-0.15, -0.1) is 0 Å². The standard InChI is InChI=1S/C14H17FN2O3S/c1-10(6-18)8-21-9-14-16-13(17-20-14)7-19-12-4-2-11(15)3-5-12/h2-5,10,18H,6-9H2,1H3. The highest BCUT2D eigenvalue weighted by atomic mass is 32.2. The van der Waals surface area contributed by atoms with Gasteiger partial charge < -0.3 is 14.4 Å². The molecule has 1 aromatic heterocycles. The van der Waals surface area contributed by atoms with Gasteiger partial charge in [0.2, 0.25) is 11.7 Å². The molecular weight excluding hydrogens is 295 g/mol. The number of halogens is 1. The first kappa shape index (κ1) is 15.8. The number of thioether (sulfide) groups is 1. The maximum atomic E-state index is 12.7. The Balaban J connectivity index is 1.76. The topological polar surface area (TPSA) is 68.4 Å². The summed E-state index contributed by atoms with van der Waals surface area (Å²) in [5.74, 6) is 2.91. The predicted molar refractivity (Wildman–Crippen MR) is 77.4 cm³/mol. The van der Waals surface area contributed by atoms with Crippen molar-refractivity contribution in [2.24, 2.45) is 5.92 Å². The van der Waals surface area contributed by atoms with Crippen LogP contribution in [0.2, 0.25) is 0 Å². The molecule has 1 aromatic carbocycles. The van der Waals surface area contributed by atoms with Gasteiger partial charge >= 0.3 is 0 Å². The molecule has 2 rings (SSSR count). The Kier molecular flexibility index (Phi) is 6.01. The van der Waals surface area contributed by atoms with Crippen molar-refractivity contribution in [2.45, 2.75) is 19.3 Å². The van der Waals surface area contributed by atoms with Crippen LogP contribution in [0.4, 0.5) is 4.39 Å². The van der Waals surface area contributed by atoms with E-state index in [1.165, 1.54) is 12.1 Å². The van der Waals surface area contributed by atoms with E-state index in [9.17, 15) is 4.39 Å². The largest absolute Gasteiger partial charge is 0.485 e. The van der Waals surface area contributed by atoms with Crippen LogP contribution in [0.25, 0.3) is 0 Å². The lowest BCUT2D eigenvalue weighted by molar-refractivity contribution is 0.250. The first-order valence-corrected chi connectivity index (χ1v) is 7.71. The third-order valence-corrected chi connectivity index (χ3v) is 3.89. The second-order valence-corrected chi connectivity index (χ2v) is 5.68. The molecule has 1 heterocycles. The van der Waals surface area contributed by atoms with E-state index in [1.54, 1.807) is 23.9 Å². The third-order valence-electron chi connectivity index (χ3n) is 2.63. The van der Waals surface area contributed by atoms with E-state index in [4.69, 9.17) is 14.4 Å². The Morgan fingerprint density at radius 1 is 1.38 bits per heavy atom. The molecule has 0 saturated carbocycles. The molecule has 1 atom stereocenters. The first-order chi connectivity index (χ1) is 10.2. The lowest BCUT2D eigenvalue weighted by atomic mass is 10.2. The van der Waals surface area contributed by atoms with Gasteiger partial charge in [0.15, 0.2) is 6.61 Å². The van der Waals surface area contributed by atoms with Gasteiger partial charge in [-0.3, -0.25) is 0 Å². The second kappa shape index (κ2) is 7.99. The number of ether oxygens (including phenoxy) is 1. The van der Waals surface area contributed by atoms with Crippen LogP contribution in [0.3, 0.4) is 0 Å². The molecule has 114 valence electrons. The molecule has 0 radical (unpaired) electrons. The zero-order chi connectivity index (χ0) is 15.1. The fourth-order valence-corrected chi connectivity index (χ4v) is 2.40. The summed E-state index contributed by atoms with van der Waals surface area (Å²) < 4.78 is 23.3. The summed E-state index contributed by atoms with van der Waals surface area (Å²) in [6.07, 6.45) is 0. The Labute approximate surface area is 126 Å². The normalized spacial score (nSPS) is 12.3. The van der Waals surface area contributed by atoms with E-state index in [1.807, 2.05) is 6.92 Å². The first-order valence-electron chi connectivity index (χ1n) is 6.56. The lowest BCUT2D eigenvalue weighted by Gasteiger charge is -2.04. The van der Waals surface area contributed by atoms with Gasteiger partial charge in [-0.25, -0.2) is 4.39 Å². The zero-order valence-corrected chi connectivity index (χ0v) is 12.5. The van der Waals surface area contributed by atoms with Crippen molar-refractivity contribution in [2.75, 3.05) is 12.4 Å². The van der Waals surface area contributed by atoms with E-state index in [0.717, 1.165) is 5.75 Å². The number of aromatic nitrogens is 2. The quantitative estimate of drug-likeness (QED) is 0.808. The van der Waals surface area contributed by atoms with Crippen molar-refractivity contribution in [3.8, 4) is 5.75 Å². The van der Waals surface area contributed by atoms with Crippen LogP contribution >= 0.6 is 11.8 Å². The lowest BCUT2D eigenvalue weighted by Crippen LogP contribution is -2.03. The van der Waals surface area contributed by atoms with Gasteiger partial charge in [0, 0.05) is 6.61 Å². The molecule has 7 heteroatoms. The molecule has 5 nitrogen and oxygen atoms in total. The molecule has 0 aliphatic heterocycles. The maximum Gasteiger partial charge on any atom is 0.236 e. The van der Waals surface area contributed by atoms with Crippen molar-refractivity contribution in [1.29, 1.82) is 0 Å². The number of nitrogens with zero attached hydrogens (tertiary/aromatic N) is 2. The Morgan fingerprint density at radius 2 is 2.14 bits per heavy atom. The molecule has 0 saturated heterocycles. The van der Waals surface area contributed by atoms with Crippen molar-refractivity contribution in [3.63, 3.8) is 0 Å². The van der Waals surface area contributed by atoms with Gasteiger partial charge in [-0.1, -0.05) is 12.1 Å². The second-order valence-electron chi connectivity index (χ2n) is 4.65. The zero-order valence-electron chi connectivity index (χ0n) is 11.7. The van der Waals surface area contributed by atoms with E-state index in [2.05, 4.69) is 10.1 Å². The van der Waals surface area contributed by atoms with Crippen LogP contribution in [-0.2, 0) is 12.4 Å². The van der Waals surface area contributed by atoms with Crippen LogP contribution in [0.5, 0.6) is 5.75 Å². The molecule has 0 bridgehead atoms. The van der Waals surface area contributed by atoms with Gasteiger partial charge in [-0.2, -0.15) is 16.7 Å². The van der Waals surface area contributed by atoms with Crippen LogP contribution in [0.15, 0.2) is 28.8 Å². The molecule has 0 fully saturated rings. The SMILES string of the molecule is CC(CO)CSCc1nc(COc2ccc(F)cc2)no1. The van der Waals surface area contributed by atoms with Gasteiger partial charge in [0.05, 0.1) is 5.75 Å². The highest BCUT2D eigenvalue weighted by molar-refractivity contribution is 7.98. The smallest absolute Gasteiger partial charge is 0.236 e. The van der Waals surface area contributed by atoms with E-state index < -0.39 is 0 Å². The Bertz CT molecular complexity index is 547. The predicted octanol–water partition coefficient (Wildman–Crippen LogP) is 2.65. The number of hydrogen-bond acceptors (Lipinski definition) is 6. The van der Waals surface area contributed by atoms with Crippen molar-refractivity contribution in [1.82, 2.24) is 10.1 Å². The van der Waals surface area contributed by atoms with Crippen LogP contribution < -0.4 is 4.74 Å². The van der Waals surface area contributed by atoms with E-state index >= 15 is 0 Å². The molecule has 1 N–H and O–H groups in total. The summed E-state index contributed by atoms with van der Waals surface area (Å²) in [5, 5.41) is 12.7. The molecule has 0 aliphatic carbocycles. The maximum absolute atomic E-state index is 12.7. The van der Waals surface area contributed by atoms with Crippen LogP contribution in [-0.4, -0.2) is 27.6 Å². The number of aliphatic hydroxyl groups is 1. The van der Waals surface area contributed by atoms with Crippen molar-refractivity contribution >= 4 is 11.8 Å². The Morgan fingerprint density at radius 3 is 2.86 bits per heavy atom. The van der Waals surface area contributed by atoms with E-state index in [0.29, 0.717) is 23.2 Å². The van der Waals surface area contributed by atoms with Crippen molar-refractivity contribution < 1.29 is 18.8 Å². The molecule has 1 unspecified atom stereocenters. The molecule has 2 aromatic rings. The van der Waals surface area contributed by atoms with Gasteiger partial charge in [-0.05, 0) is 35.9 Å². The number of benzene rings is 1. The number of aliphatic hydroxyl groups excluding tert-OH is 1. The summed E-state index contributed by atoms with van der Waals surface area (Å²) in [5.41, 5.74) is 0. The molecule has 0 amide bonds. The number of hydrogen-bond donors (Lipinski definition) is 1. The Hall–Kier alpha value is -1.60. The molecular formula is C14H17FN2O3S. The molecule has 0 spiro atoms. The highest BCUT2D eigenvalue weighted by Crippen LogP contribution is 2.15. The van der Waals surface area contributed by atoms with Crippen LogP contribution in [0.1, 0.15) is 18.6 Å². The summed E-state index contributed by atoms with van der Waals surface area (Å²) in [6, 6.07) is 5.75. The minimum absolute atomic E-state index is 0.173. The molecule has 0 aliphatic rings. The van der Waals surface area contributed by atoms with Crippen LogP contribution in [0, 0.1) is 11.7 Å². The fourth-order valence-electron chi connectivity index (χ4n) is 1.49. The van der Waals surface area contributed by atoms with Gasteiger partial charge in [0.1, 0.15) is 11.6 Å².